The maximum atomic E-state index is 12.9. The highest BCUT2D eigenvalue weighted by molar-refractivity contribution is 14.1. The second-order valence-corrected chi connectivity index (χ2v) is 9.81. The Morgan fingerprint density at radius 2 is 1.65 bits per heavy atom. The van der Waals surface area contributed by atoms with E-state index in [9.17, 15) is 22.8 Å². The number of esters is 1. The predicted octanol–water partition coefficient (Wildman–Crippen LogP) is 3.46. The van der Waals surface area contributed by atoms with Crippen molar-refractivity contribution in [3.8, 4) is 0 Å². The van der Waals surface area contributed by atoms with Crippen LogP contribution in [0, 0.1) is 3.57 Å². The Morgan fingerprint density at radius 3 is 2.42 bits per heavy atom. The number of fused-ring (bicyclic) bond motifs is 2. The molecule has 0 fully saturated rings. The van der Waals surface area contributed by atoms with Crippen molar-refractivity contribution >= 4 is 55.8 Å². The van der Waals surface area contributed by atoms with Gasteiger partial charge in [-0.25, -0.2) is 13.2 Å². The minimum Gasteiger partial charge on any atom is -0.452 e. The first kappa shape index (κ1) is 21.2. The summed E-state index contributed by atoms with van der Waals surface area (Å²) >= 11 is 2.10. The van der Waals surface area contributed by atoms with Gasteiger partial charge in [0.15, 0.2) is 12.4 Å². The van der Waals surface area contributed by atoms with Gasteiger partial charge in [-0.3, -0.25) is 9.59 Å². The largest absolute Gasteiger partial charge is 0.452 e. The predicted molar refractivity (Wildman–Crippen MR) is 120 cm³/mol. The van der Waals surface area contributed by atoms with Gasteiger partial charge < -0.3 is 10.1 Å². The lowest BCUT2D eigenvalue weighted by atomic mass is 10.0. The third-order valence-corrected chi connectivity index (χ3v) is 7.14. The monoisotopic (exact) mass is 547 g/mol. The fraction of sp³-hybridized carbons (Fsp3) is 0.0455. The summed E-state index contributed by atoms with van der Waals surface area (Å²) < 4.78 is 31.8. The molecule has 9 heteroatoms. The molecular weight excluding hydrogens is 533 g/mol. The summed E-state index contributed by atoms with van der Waals surface area (Å²) in [5, 5.41) is 2.61. The number of sulfone groups is 1. The number of ether oxygens (including phenoxy) is 1. The molecule has 31 heavy (non-hydrogen) atoms. The molecule has 7 nitrogen and oxygen atoms in total. The van der Waals surface area contributed by atoms with Gasteiger partial charge in [0, 0.05) is 20.4 Å². The maximum Gasteiger partial charge on any atom is 0.338 e. The number of anilines is 1. The third-order valence-electron chi connectivity index (χ3n) is 4.62. The quantitative estimate of drug-likeness (QED) is 0.310. The highest BCUT2D eigenvalue weighted by Gasteiger charge is 2.35. The molecule has 3 aromatic rings. The van der Waals surface area contributed by atoms with Crippen LogP contribution in [0.2, 0.25) is 0 Å². The number of ketones is 1. The van der Waals surface area contributed by atoms with Crippen LogP contribution in [0.1, 0.15) is 26.3 Å². The molecule has 0 saturated heterocycles. The summed E-state index contributed by atoms with van der Waals surface area (Å²) in [4.78, 5) is 36.7. The molecule has 1 heterocycles. The van der Waals surface area contributed by atoms with Gasteiger partial charge in [-0.05, 0) is 71.1 Å². The van der Waals surface area contributed by atoms with Crippen molar-refractivity contribution in [1.82, 2.24) is 0 Å². The molecule has 0 aliphatic carbocycles. The van der Waals surface area contributed by atoms with Crippen molar-refractivity contribution in [2.75, 3.05) is 11.9 Å². The van der Waals surface area contributed by atoms with Crippen molar-refractivity contribution < 1.29 is 27.5 Å². The molecule has 1 aliphatic heterocycles. The van der Waals surface area contributed by atoms with Gasteiger partial charge in [0.1, 0.15) is 0 Å². The molecule has 1 amide bonds. The number of benzene rings is 3. The lowest BCUT2D eigenvalue weighted by Gasteiger charge is -2.19. The number of carbonyl (C=O) groups excluding carboxylic acids is 3. The first-order valence-corrected chi connectivity index (χ1v) is 11.6. The van der Waals surface area contributed by atoms with E-state index < -0.39 is 34.1 Å². The molecule has 1 N–H and O–H groups in total. The van der Waals surface area contributed by atoms with Crippen molar-refractivity contribution in [2.24, 2.45) is 0 Å². The van der Waals surface area contributed by atoms with Crippen LogP contribution in [0.3, 0.4) is 0 Å². The van der Waals surface area contributed by atoms with E-state index in [2.05, 4.69) is 27.9 Å². The van der Waals surface area contributed by atoms with E-state index in [0.717, 1.165) is 9.64 Å². The number of hydrogen-bond acceptors (Lipinski definition) is 6. The number of nitrogens with one attached hydrogen (secondary N) is 1. The van der Waals surface area contributed by atoms with Crippen LogP contribution in [0.25, 0.3) is 0 Å². The molecule has 0 radical (unpaired) electrons. The molecule has 0 spiro atoms. The minimum atomic E-state index is -3.97. The van der Waals surface area contributed by atoms with Crippen LogP contribution >= 0.6 is 22.6 Å². The average Bonchev–Trinajstić information content (AvgIpc) is 2.76. The fourth-order valence-electron chi connectivity index (χ4n) is 3.19. The van der Waals surface area contributed by atoms with Crippen LogP contribution in [0.4, 0.5) is 5.69 Å². The standard InChI is InChI=1S/C22H14INO6S/c23-14-4-3-5-15(11-14)24-20(25)12-30-22(27)13-8-9-17-19(10-13)31(28,29)18-7-2-1-6-16(18)21(17)26/h1-11H,12H2,(H,24,25). The summed E-state index contributed by atoms with van der Waals surface area (Å²) in [7, 11) is -3.97. The Labute approximate surface area is 191 Å². The summed E-state index contributed by atoms with van der Waals surface area (Å²) in [6, 6.07) is 16.7. The van der Waals surface area contributed by atoms with E-state index in [1.165, 1.54) is 30.3 Å². The van der Waals surface area contributed by atoms with Gasteiger partial charge in [0.05, 0.1) is 15.4 Å². The van der Waals surface area contributed by atoms with Gasteiger partial charge >= 0.3 is 5.97 Å². The van der Waals surface area contributed by atoms with Gasteiger partial charge in [0.2, 0.25) is 9.84 Å². The van der Waals surface area contributed by atoms with Gasteiger partial charge in [-0.2, -0.15) is 0 Å². The van der Waals surface area contributed by atoms with Crippen molar-refractivity contribution in [1.29, 1.82) is 0 Å². The smallest absolute Gasteiger partial charge is 0.338 e. The number of hydrogen-bond donors (Lipinski definition) is 1. The summed E-state index contributed by atoms with van der Waals surface area (Å²) in [5.41, 5.74) is 0.575. The van der Waals surface area contributed by atoms with Crippen LogP contribution in [-0.2, 0) is 19.4 Å². The minimum absolute atomic E-state index is 0.00771. The van der Waals surface area contributed by atoms with E-state index in [0.29, 0.717) is 5.69 Å². The molecule has 156 valence electrons. The topological polar surface area (TPSA) is 107 Å². The first-order valence-electron chi connectivity index (χ1n) is 9.03. The second kappa shape index (κ2) is 8.23. The highest BCUT2D eigenvalue weighted by Crippen LogP contribution is 2.34. The zero-order valence-electron chi connectivity index (χ0n) is 15.8. The van der Waals surface area contributed by atoms with Crippen LogP contribution < -0.4 is 5.32 Å². The molecule has 3 aromatic carbocycles. The molecule has 0 atom stereocenters. The molecular formula is C22H14INO6S. The number of rotatable bonds is 4. The Morgan fingerprint density at radius 1 is 0.903 bits per heavy atom. The lowest BCUT2D eigenvalue weighted by Crippen LogP contribution is -2.22. The Kier molecular flexibility index (Phi) is 5.63. The van der Waals surface area contributed by atoms with Crippen LogP contribution in [-0.4, -0.2) is 32.7 Å². The molecule has 1 aliphatic rings. The highest BCUT2D eigenvalue weighted by atomic mass is 127. The van der Waals surface area contributed by atoms with Crippen molar-refractivity contribution in [3.05, 3.63) is 87.0 Å². The number of halogens is 1. The Hall–Kier alpha value is -3.05. The molecule has 0 bridgehead atoms. The Balaban J connectivity index is 1.52. The first-order chi connectivity index (χ1) is 14.8. The Bertz CT molecular complexity index is 1350. The van der Waals surface area contributed by atoms with E-state index in [1.54, 1.807) is 24.3 Å². The van der Waals surface area contributed by atoms with Crippen LogP contribution in [0.15, 0.2) is 76.5 Å². The van der Waals surface area contributed by atoms with Gasteiger partial charge in [0.25, 0.3) is 5.91 Å². The molecule has 0 saturated carbocycles. The average molecular weight is 547 g/mol. The van der Waals surface area contributed by atoms with Gasteiger partial charge in [-0.1, -0.05) is 18.2 Å². The molecule has 0 unspecified atom stereocenters. The summed E-state index contributed by atoms with van der Waals surface area (Å²) in [5.74, 6) is -1.84. The molecule has 4 rings (SSSR count). The van der Waals surface area contributed by atoms with Crippen molar-refractivity contribution in [2.45, 2.75) is 9.79 Å². The number of carbonyl (C=O) groups is 3. The second-order valence-electron chi connectivity index (χ2n) is 6.67. The third kappa shape index (κ3) is 4.10. The molecule has 0 aromatic heterocycles. The van der Waals surface area contributed by atoms with Gasteiger partial charge in [-0.15, -0.1) is 0 Å². The fourth-order valence-corrected chi connectivity index (χ4v) is 5.41. The summed E-state index contributed by atoms with van der Waals surface area (Å²) in [6.07, 6.45) is 0. The zero-order chi connectivity index (χ0) is 22.2. The summed E-state index contributed by atoms with van der Waals surface area (Å²) in [6.45, 7) is -0.546. The lowest BCUT2D eigenvalue weighted by molar-refractivity contribution is -0.119. The normalized spacial score (nSPS) is 13.6. The number of amides is 1. The van der Waals surface area contributed by atoms with E-state index in [4.69, 9.17) is 4.74 Å². The van der Waals surface area contributed by atoms with E-state index in [1.807, 2.05) is 6.07 Å². The van der Waals surface area contributed by atoms with E-state index >= 15 is 0 Å². The zero-order valence-corrected chi connectivity index (χ0v) is 18.8. The maximum absolute atomic E-state index is 12.9. The van der Waals surface area contributed by atoms with E-state index in [-0.39, 0.29) is 26.5 Å². The van der Waals surface area contributed by atoms with Crippen molar-refractivity contribution in [3.63, 3.8) is 0 Å². The SMILES string of the molecule is O=C(COC(=O)c1ccc2c(c1)S(=O)(=O)c1ccccc1C2=O)Nc1cccc(I)c1. The van der Waals surface area contributed by atoms with Crippen LogP contribution in [0.5, 0.6) is 0 Å².